The van der Waals surface area contributed by atoms with Gasteiger partial charge in [-0.2, -0.15) is 5.26 Å². The number of halogens is 1. The Morgan fingerprint density at radius 3 is 2.70 bits per heavy atom. The number of carbonyl (C=O) groups excluding carboxylic acids is 1. The van der Waals surface area contributed by atoms with Crippen LogP contribution in [0.1, 0.15) is 31.7 Å². The standard InChI is InChI=1S/C21H22ClN3O2/c1-4-14(2)17-7-5-6-8-18(17)24-13-15(12-23)21(26)25-19-11-16(22)9-10-20(19)27-3/h5-11,13-14,24H,4H2,1-3H3,(H,25,26)/b15-13-. The average Bonchev–Trinajstić information content (AvgIpc) is 2.68. The van der Waals surface area contributed by atoms with Crippen LogP contribution in [0.3, 0.4) is 0 Å². The molecular weight excluding hydrogens is 362 g/mol. The third-order valence-electron chi connectivity index (χ3n) is 4.25. The summed E-state index contributed by atoms with van der Waals surface area (Å²) in [6, 6.07) is 14.6. The monoisotopic (exact) mass is 383 g/mol. The number of nitriles is 1. The van der Waals surface area contributed by atoms with Crippen molar-refractivity contribution >= 4 is 28.9 Å². The van der Waals surface area contributed by atoms with Crippen LogP contribution in [0.4, 0.5) is 11.4 Å². The summed E-state index contributed by atoms with van der Waals surface area (Å²) < 4.78 is 5.21. The number of para-hydroxylation sites is 1. The molecule has 0 aliphatic rings. The number of anilines is 2. The van der Waals surface area contributed by atoms with E-state index in [1.807, 2.05) is 30.3 Å². The third kappa shape index (κ3) is 5.25. The summed E-state index contributed by atoms with van der Waals surface area (Å²) in [7, 11) is 1.49. The summed E-state index contributed by atoms with van der Waals surface area (Å²) in [5, 5.41) is 15.6. The van der Waals surface area contributed by atoms with Gasteiger partial charge >= 0.3 is 0 Å². The van der Waals surface area contributed by atoms with Gasteiger partial charge in [0.25, 0.3) is 5.91 Å². The van der Waals surface area contributed by atoms with Gasteiger partial charge in [-0.15, -0.1) is 0 Å². The number of ether oxygens (including phenoxy) is 1. The molecule has 0 aliphatic carbocycles. The Labute approximate surface area is 164 Å². The van der Waals surface area contributed by atoms with Gasteiger partial charge in [0, 0.05) is 16.9 Å². The summed E-state index contributed by atoms with van der Waals surface area (Å²) in [5.74, 6) is 0.267. The lowest BCUT2D eigenvalue weighted by atomic mass is 9.97. The molecule has 0 radical (unpaired) electrons. The Morgan fingerprint density at radius 2 is 2.04 bits per heavy atom. The summed E-state index contributed by atoms with van der Waals surface area (Å²) in [6.45, 7) is 4.25. The number of rotatable bonds is 7. The lowest BCUT2D eigenvalue weighted by Crippen LogP contribution is -2.15. The normalized spacial score (nSPS) is 12.0. The van der Waals surface area contributed by atoms with Gasteiger partial charge in [-0.25, -0.2) is 0 Å². The minimum absolute atomic E-state index is 0.0593. The van der Waals surface area contributed by atoms with Crippen LogP contribution in [0.5, 0.6) is 5.75 Å². The number of benzene rings is 2. The number of hydrogen-bond donors (Lipinski definition) is 2. The Kier molecular flexibility index (Phi) is 7.27. The summed E-state index contributed by atoms with van der Waals surface area (Å²) in [4.78, 5) is 12.5. The lowest BCUT2D eigenvalue weighted by Gasteiger charge is -2.15. The Morgan fingerprint density at radius 1 is 1.30 bits per heavy atom. The van der Waals surface area contributed by atoms with Crippen molar-refractivity contribution in [2.75, 3.05) is 17.7 Å². The molecule has 1 amide bonds. The molecule has 0 aliphatic heterocycles. The fourth-order valence-corrected chi connectivity index (χ4v) is 2.72. The van der Waals surface area contributed by atoms with Gasteiger partial charge in [-0.05, 0) is 42.2 Å². The highest BCUT2D eigenvalue weighted by Crippen LogP contribution is 2.28. The molecule has 0 bridgehead atoms. The zero-order chi connectivity index (χ0) is 19.8. The summed E-state index contributed by atoms with van der Waals surface area (Å²) in [5.41, 5.74) is 2.34. The van der Waals surface area contributed by atoms with Crippen molar-refractivity contribution in [1.82, 2.24) is 0 Å². The van der Waals surface area contributed by atoms with Crippen LogP contribution in [-0.4, -0.2) is 13.0 Å². The first kappa shape index (κ1) is 20.3. The van der Waals surface area contributed by atoms with Crippen LogP contribution in [0.15, 0.2) is 54.2 Å². The zero-order valence-corrected chi connectivity index (χ0v) is 16.3. The molecule has 0 aromatic heterocycles. The van der Waals surface area contributed by atoms with Crippen LogP contribution in [0.2, 0.25) is 5.02 Å². The van der Waals surface area contributed by atoms with Gasteiger partial charge in [0.1, 0.15) is 17.4 Å². The number of methoxy groups -OCH3 is 1. The number of nitrogens with one attached hydrogen (secondary N) is 2. The van der Waals surface area contributed by atoms with Gasteiger partial charge in [-0.1, -0.05) is 43.6 Å². The smallest absolute Gasteiger partial charge is 0.267 e. The van der Waals surface area contributed by atoms with Crippen molar-refractivity contribution in [2.45, 2.75) is 26.2 Å². The molecule has 140 valence electrons. The quantitative estimate of drug-likeness (QED) is 0.501. The summed E-state index contributed by atoms with van der Waals surface area (Å²) in [6.07, 6.45) is 2.40. The Balaban J connectivity index is 2.21. The maximum absolute atomic E-state index is 12.5. The minimum Gasteiger partial charge on any atom is -0.495 e. The van der Waals surface area contributed by atoms with E-state index >= 15 is 0 Å². The number of carbonyl (C=O) groups is 1. The van der Waals surface area contributed by atoms with Crippen LogP contribution in [-0.2, 0) is 4.79 Å². The van der Waals surface area contributed by atoms with E-state index in [1.54, 1.807) is 18.2 Å². The second-order valence-electron chi connectivity index (χ2n) is 6.01. The molecule has 5 nitrogen and oxygen atoms in total. The third-order valence-corrected chi connectivity index (χ3v) is 4.49. The lowest BCUT2D eigenvalue weighted by molar-refractivity contribution is -0.112. The second-order valence-corrected chi connectivity index (χ2v) is 6.45. The van der Waals surface area contributed by atoms with Crippen LogP contribution in [0, 0.1) is 11.3 Å². The van der Waals surface area contributed by atoms with Gasteiger partial charge in [0.2, 0.25) is 0 Å². The maximum Gasteiger partial charge on any atom is 0.267 e. The Hall–Kier alpha value is -2.97. The molecule has 2 rings (SSSR count). The molecule has 0 heterocycles. The van der Waals surface area contributed by atoms with Crippen molar-refractivity contribution in [3.63, 3.8) is 0 Å². The van der Waals surface area contributed by atoms with Crippen LogP contribution < -0.4 is 15.4 Å². The second kappa shape index (κ2) is 9.65. The predicted octanol–water partition coefficient (Wildman–Crippen LogP) is 5.32. The van der Waals surface area contributed by atoms with Gasteiger partial charge in [0.05, 0.1) is 12.8 Å². The highest BCUT2D eigenvalue weighted by atomic mass is 35.5. The van der Waals surface area contributed by atoms with E-state index in [1.165, 1.54) is 13.3 Å². The van der Waals surface area contributed by atoms with Crippen molar-refractivity contribution in [2.24, 2.45) is 0 Å². The first-order valence-electron chi connectivity index (χ1n) is 8.60. The minimum atomic E-state index is -0.549. The van der Waals surface area contributed by atoms with E-state index in [0.717, 1.165) is 17.7 Å². The van der Waals surface area contributed by atoms with E-state index in [2.05, 4.69) is 24.5 Å². The fourth-order valence-electron chi connectivity index (χ4n) is 2.54. The molecular formula is C21H22ClN3O2. The van der Waals surface area contributed by atoms with Gasteiger partial charge < -0.3 is 15.4 Å². The van der Waals surface area contributed by atoms with E-state index in [-0.39, 0.29) is 5.57 Å². The predicted molar refractivity (Wildman–Crippen MR) is 109 cm³/mol. The van der Waals surface area contributed by atoms with E-state index < -0.39 is 5.91 Å². The number of hydrogen-bond acceptors (Lipinski definition) is 4. The van der Waals surface area contributed by atoms with Crippen molar-refractivity contribution < 1.29 is 9.53 Å². The molecule has 0 spiro atoms. The maximum atomic E-state index is 12.5. The fraction of sp³-hybridized carbons (Fsp3) is 0.238. The molecule has 0 saturated carbocycles. The van der Waals surface area contributed by atoms with Crippen LogP contribution in [0.25, 0.3) is 0 Å². The van der Waals surface area contributed by atoms with Crippen LogP contribution >= 0.6 is 11.6 Å². The topological polar surface area (TPSA) is 74.2 Å². The van der Waals surface area contributed by atoms with Crippen molar-refractivity contribution in [3.05, 3.63) is 64.8 Å². The summed E-state index contributed by atoms with van der Waals surface area (Å²) >= 11 is 5.97. The van der Waals surface area contributed by atoms with E-state index in [0.29, 0.717) is 22.4 Å². The number of amides is 1. The van der Waals surface area contributed by atoms with E-state index in [9.17, 15) is 10.1 Å². The zero-order valence-electron chi connectivity index (χ0n) is 15.5. The van der Waals surface area contributed by atoms with Crippen molar-refractivity contribution in [1.29, 1.82) is 5.26 Å². The first-order valence-corrected chi connectivity index (χ1v) is 8.98. The molecule has 0 saturated heterocycles. The van der Waals surface area contributed by atoms with Gasteiger partial charge in [0.15, 0.2) is 0 Å². The largest absolute Gasteiger partial charge is 0.495 e. The molecule has 1 unspecified atom stereocenters. The molecule has 2 N–H and O–H groups in total. The highest BCUT2D eigenvalue weighted by Gasteiger charge is 2.14. The molecule has 2 aromatic rings. The average molecular weight is 384 g/mol. The molecule has 2 aromatic carbocycles. The van der Waals surface area contributed by atoms with Crippen molar-refractivity contribution in [3.8, 4) is 11.8 Å². The molecule has 0 fully saturated rings. The Bertz CT molecular complexity index is 887. The molecule has 27 heavy (non-hydrogen) atoms. The SMILES string of the molecule is CCC(C)c1ccccc1N/C=C(/C#N)C(=O)Nc1cc(Cl)ccc1OC. The molecule has 1 atom stereocenters. The first-order chi connectivity index (χ1) is 13.0. The van der Waals surface area contributed by atoms with Gasteiger partial charge in [-0.3, -0.25) is 4.79 Å². The number of nitrogens with zero attached hydrogens (tertiary/aromatic N) is 1. The molecule has 6 heteroatoms. The van der Waals surface area contributed by atoms with E-state index in [4.69, 9.17) is 16.3 Å². The highest BCUT2D eigenvalue weighted by molar-refractivity contribution is 6.31.